The van der Waals surface area contributed by atoms with Crippen LogP contribution in [0.1, 0.15) is 12.0 Å². The average molecular weight is 402 g/mol. The number of halogens is 2. The molecule has 0 heterocycles. The second-order valence-electron chi connectivity index (χ2n) is 4.92. The van der Waals surface area contributed by atoms with E-state index in [9.17, 15) is 12.8 Å². The van der Waals surface area contributed by atoms with Gasteiger partial charge in [-0.25, -0.2) is 17.5 Å². The topological polar surface area (TPSA) is 55.4 Å². The van der Waals surface area contributed by atoms with Crippen molar-refractivity contribution in [3.05, 3.63) is 58.3 Å². The number of sulfonamides is 1. The highest BCUT2D eigenvalue weighted by atomic mass is 79.9. The number of benzene rings is 2. The normalized spacial score (nSPS) is 11.4. The van der Waals surface area contributed by atoms with Crippen molar-refractivity contribution in [1.82, 2.24) is 4.72 Å². The van der Waals surface area contributed by atoms with E-state index in [1.54, 1.807) is 24.3 Å². The summed E-state index contributed by atoms with van der Waals surface area (Å²) in [6.07, 6.45) is 1.28. The Bertz CT molecular complexity index is 763. The first-order valence-electron chi connectivity index (χ1n) is 7.00. The molecule has 7 heteroatoms. The van der Waals surface area contributed by atoms with E-state index in [0.29, 0.717) is 23.1 Å². The summed E-state index contributed by atoms with van der Waals surface area (Å²) in [5, 5.41) is 0. The van der Waals surface area contributed by atoms with Gasteiger partial charge in [-0.1, -0.05) is 28.1 Å². The van der Waals surface area contributed by atoms with E-state index < -0.39 is 10.0 Å². The quantitative estimate of drug-likeness (QED) is 0.722. The molecule has 0 aliphatic heterocycles. The lowest BCUT2D eigenvalue weighted by Gasteiger charge is -2.11. The Morgan fingerprint density at radius 3 is 2.52 bits per heavy atom. The van der Waals surface area contributed by atoms with Gasteiger partial charge in [-0.15, -0.1) is 0 Å². The molecular formula is C16H17BrFNO3S. The van der Waals surface area contributed by atoms with E-state index in [0.717, 1.165) is 5.56 Å². The Balaban J connectivity index is 1.96. The molecule has 0 aliphatic rings. The highest BCUT2D eigenvalue weighted by Gasteiger charge is 2.19. The summed E-state index contributed by atoms with van der Waals surface area (Å²) in [6, 6.07) is 11.0. The van der Waals surface area contributed by atoms with Gasteiger partial charge < -0.3 is 4.74 Å². The van der Waals surface area contributed by atoms with E-state index >= 15 is 0 Å². The maximum atomic E-state index is 12.8. The highest BCUT2D eigenvalue weighted by molar-refractivity contribution is 9.10. The standard InChI is InChI=1S/C16H17BrFNO3S/c1-22-15-9-6-13(17)11-16(15)23(20,21)19-10-2-3-12-4-7-14(18)8-5-12/h4-9,11,19H,2-3,10H2,1H3. The lowest BCUT2D eigenvalue weighted by molar-refractivity contribution is 0.402. The molecule has 23 heavy (non-hydrogen) atoms. The molecule has 0 radical (unpaired) electrons. The first kappa shape index (κ1) is 17.9. The van der Waals surface area contributed by atoms with Crippen LogP contribution in [0.2, 0.25) is 0 Å². The zero-order valence-corrected chi connectivity index (χ0v) is 15.0. The van der Waals surface area contributed by atoms with Crippen molar-refractivity contribution in [3.8, 4) is 5.75 Å². The van der Waals surface area contributed by atoms with E-state index in [1.165, 1.54) is 25.3 Å². The van der Waals surface area contributed by atoms with Gasteiger partial charge in [0.25, 0.3) is 0 Å². The summed E-state index contributed by atoms with van der Waals surface area (Å²) in [5.74, 6) is 0.00966. The second kappa shape index (κ2) is 7.90. The lowest BCUT2D eigenvalue weighted by Crippen LogP contribution is -2.25. The van der Waals surface area contributed by atoms with E-state index in [4.69, 9.17) is 4.74 Å². The van der Waals surface area contributed by atoms with Crippen LogP contribution in [0.5, 0.6) is 5.75 Å². The Morgan fingerprint density at radius 2 is 1.87 bits per heavy atom. The molecule has 2 rings (SSSR count). The van der Waals surface area contributed by atoms with Crippen LogP contribution in [0.4, 0.5) is 4.39 Å². The van der Waals surface area contributed by atoms with Gasteiger partial charge in [-0.2, -0.15) is 0 Å². The minimum Gasteiger partial charge on any atom is -0.495 e. The van der Waals surface area contributed by atoms with Crippen LogP contribution in [0.15, 0.2) is 51.8 Å². The summed E-state index contributed by atoms with van der Waals surface area (Å²) < 4.78 is 45.8. The fourth-order valence-electron chi connectivity index (χ4n) is 2.09. The third-order valence-electron chi connectivity index (χ3n) is 3.26. The van der Waals surface area contributed by atoms with Crippen molar-refractivity contribution in [1.29, 1.82) is 0 Å². The van der Waals surface area contributed by atoms with E-state index in [-0.39, 0.29) is 17.3 Å². The number of aryl methyl sites for hydroxylation is 1. The molecule has 0 spiro atoms. The summed E-state index contributed by atoms with van der Waals surface area (Å²) in [7, 11) is -2.22. The van der Waals surface area contributed by atoms with Crippen molar-refractivity contribution in [3.63, 3.8) is 0 Å². The molecule has 124 valence electrons. The van der Waals surface area contributed by atoms with Gasteiger partial charge in [0, 0.05) is 11.0 Å². The molecule has 0 unspecified atom stereocenters. The molecule has 0 aromatic heterocycles. The monoisotopic (exact) mass is 401 g/mol. The summed E-state index contributed by atoms with van der Waals surface area (Å²) in [4.78, 5) is 0.0937. The molecule has 2 aromatic carbocycles. The third kappa shape index (κ3) is 5.02. The SMILES string of the molecule is COc1ccc(Br)cc1S(=O)(=O)NCCCc1ccc(F)cc1. The van der Waals surface area contributed by atoms with Crippen LogP contribution in [-0.4, -0.2) is 22.1 Å². The van der Waals surface area contributed by atoms with Crippen molar-refractivity contribution in [2.45, 2.75) is 17.7 Å². The van der Waals surface area contributed by atoms with Gasteiger partial charge in [0.05, 0.1) is 7.11 Å². The maximum Gasteiger partial charge on any atom is 0.244 e. The molecule has 0 atom stereocenters. The molecule has 1 N–H and O–H groups in total. The van der Waals surface area contributed by atoms with Crippen LogP contribution in [0.25, 0.3) is 0 Å². The van der Waals surface area contributed by atoms with Crippen LogP contribution >= 0.6 is 15.9 Å². The Kier molecular flexibility index (Phi) is 6.15. The summed E-state index contributed by atoms with van der Waals surface area (Å²) in [5.41, 5.74) is 0.964. The fraction of sp³-hybridized carbons (Fsp3) is 0.250. The minimum absolute atomic E-state index is 0.0937. The summed E-state index contributed by atoms with van der Waals surface area (Å²) >= 11 is 3.26. The largest absolute Gasteiger partial charge is 0.495 e. The number of ether oxygens (including phenoxy) is 1. The minimum atomic E-state index is -3.65. The van der Waals surface area contributed by atoms with Crippen LogP contribution in [0, 0.1) is 5.82 Å². The summed E-state index contributed by atoms with van der Waals surface area (Å²) in [6.45, 7) is 0.287. The molecule has 4 nitrogen and oxygen atoms in total. The van der Waals surface area contributed by atoms with Gasteiger partial charge in [0.15, 0.2) is 0 Å². The number of nitrogens with one attached hydrogen (secondary N) is 1. The fourth-order valence-corrected chi connectivity index (χ4v) is 3.87. The third-order valence-corrected chi connectivity index (χ3v) is 5.24. The molecule has 2 aromatic rings. The van der Waals surface area contributed by atoms with Gasteiger partial charge in [0.1, 0.15) is 16.5 Å². The molecule has 0 amide bonds. The Morgan fingerprint density at radius 1 is 1.17 bits per heavy atom. The smallest absolute Gasteiger partial charge is 0.244 e. The first-order chi connectivity index (χ1) is 10.9. The predicted molar refractivity (Wildman–Crippen MR) is 90.6 cm³/mol. The Labute approximate surface area is 143 Å². The van der Waals surface area contributed by atoms with Gasteiger partial charge in [-0.3, -0.25) is 0 Å². The van der Waals surface area contributed by atoms with Gasteiger partial charge in [0.2, 0.25) is 10.0 Å². The molecular weight excluding hydrogens is 385 g/mol. The van der Waals surface area contributed by atoms with Crippen molar-refractivity contribution < 1.29 is 17.5 Å². The molecule has 0 saturated heterocycles. The Hall–Kier alpha value is -1.44. The molecule has 0 aliphatic carbocycles. The van der Waals surface area contributed by atoms with Crippen LogP contribution in [-0.2, 0) is 16.4 Å². The number of hydrogen-bond donors (Lipinski definition) is 1. The first-order valence-corrected chi connectivity index (χ1v) is 9.27. The molecule has 0 saturated carbocycles. The lowest BCUT2D eigenvalue weighted by atomic mass is 10.1. The highest BCUT2D eigenvalue weighted by Crippen LogP contribution is 2.27. The molecule has 0 fully saturated rings. The number of rotatable bonds is 7. The van der Waals surface area contributed by atoms with Crippen molar-refractivity contribution >= 4 is 26.0 Å². The zero-order chi connectivity index (χ0) is 16.9. The van der Waals surface area contributed by atoms with Crippen molar-refractivity contribution in [2.75, 3.05) is 13.7 Å². The zero-order valence-electron chi connectivity index (χ0n) is 12.6. The van der Waals surface area contributed by atoms with E-state index in [2.05, 4.69) is 20.7 Å². The number of methoxy groups -OCH3 is 1. The van der Waals surface area contributed by atoms with E-state index in [1.807, 2.05) is 0 Å². The number of hydrogen-bond acceptors (Lipinski definition) is 3. The molecule has 0 bridgehead atoms. The van der Waals surface area contributed by atoms with Crippen LogP contribution in [0.3, 0.4) is 0 Å². The predicted octanol–water partition coefficient (Wildman–Crippen LogP) is 3.51. The van der Waals surface area contributed by atoms with Crippen LogP contribution < -0.4 is 9.46 Å². The van der Waals surface area contributed by atoms with Gasteiger partial charge >= 0.3 is 0 Å². The second-order valence-corrected chi connectivity index (χ2v) is 7.57. The van der Waals surface area contributed by atoms with Gasteiger partial charge in [-0.05, 0) is 48.7 Å². The maximum absolute atomic E-state index is 12.8. The average Bonchev–Trinajstić information content (AvgIpc) is 2.53. The van der Waals surface area contributed by atoms with Crippen molar-refractivity contribution in [2.24, 2.45) is 0 Å².